The summed E-state index contributed by atoms with van der Waals surface area (Å²) in [7, 11) is 1.98. The quantitative estimate of drug-likeness (QED) is 0.770. The molecule has 4 heteroatoms. The number of hydrogen-bond acceptors (Lipinski definition) is 3. The number of carbonyl (C=O) groups excluding carboxylic acids is 1. The van der Waals surface area contributed by atoms with E-state index in [4.69, 9.17) is 0 Å². The van der Waals surface area contributed by atoms with Gasteiger partial charge in [-0.25, -0.2) is 0 Å². The second kappa shape index (κ2) is 5.63. The van der Waals surface area contributed by atoms with Gasteiger partial charge in [0.05, 0.1) is 15.2 Å². The van der Waals surface area contributed by atoms with E-state index in [9.17, 15) is 4.79 Å². The SMILES string of the molecule is CCCN(C)CC(=O)c1ccc(Br)s1. The van der Waals surface area contributed by atoms with Crippen LogP contribution in [0, 0.1) is 0 Å². The molecule has 78 valence electrons. The fraction of sp³-hybridized carbons (Fsp3) is 0.500. The zero-order valence-corrected chi connectivity index (χ0v) is 10.8. The van der Waals surface area contributed by atoms with Gasteiger partial charge in [0, 0.05) is 0 Å². The van der Waals surface area contributed by atoms with Crippen LogP contribution in [0.4, 0.5) is 0 Å². The van der Waals surface area contributed by atoms with Crippen molar-refractivity contribution in [2.24, 2.45) is 0 Å². The summed E-state index contributed by atoms with van der Waals surface area (Å²) in [4.78, 5) is 14.6. The normalized spacial score (nSPS) is 10.9. The fourth-order valence-electron chi connectivity index (χ4n) is 1.25. The third-order valence-electron chi connectivity index (χ3n) is 1.87. The monoisotopic (exact) mass is 275 g/mol. The zero-order chi connectivity index (χ0) is 10.6. The lowest BCUT2D eigenvalue weighted by Crippen LogP contribution is -2.26. The molecule has 0 aliphatic carbocycles. The lowest BCUT2D eigenvalue weighted by Gasteiger charge is -2.13. The molecule has 2 nitrogen and oxygen atoms in total. The number of ketones is 1. The molecule has 1 aromatic heterocycles. The van der Waals surface area contributed by atoms with Gasteiger partial charge in [0.25, 0.3) is 0 Å². The van der Waals surface area contributed by atoms with E-state index in [2.05, 4.69) is 27.8 Å². The Labute approximate surface area is 97.1 Å². The first kappa shape index (κ1) is 11.9. The molecule has 0 saturated carbocycles. The molecule has 0 saturated heterocycles. The molecule has 0 aliphatic heterocycles. The summed E-state index contributed by atoms with van der Waals surface area (Å²) < 4.78 is 1.01. The minimum Gasteiger partial charge on any atom is -0.299 e. The summed E-state index contributed by atoms with van der Waals surface area (Å²) in [6.07, 6.45) is 1.08. The Morgan fingerprint density at radius 3 is 2.79 bits per heavy atom. The predicted molar refractivity (Wildman–Crippen MR) is 64.1 cm³/mol. The molecule has 0 fully saturated rings. The molecular formula is C10H14BrNOS. The van der Waals surface area contributed by atoms with Gasteiger partial charge in [0.2, 0.25) is 0 Å². The van der Waals surface area contributed by atoms with Gasteiger partial charge in [-0.15, -0.1) is 11.3 Å². The molecule has 0 unspecified atom stereocenters. The van der Waals surface area contributed by atoms with Gasteiger partial charge >= 0.3 is 0 Å². The van der Waals surface area contributed by atoms with Crippen LogP contribution in [0.1, 0.15) is 23.0 Å². The smallest absolute Gasteiger partial charge is 0.186 e. The number of rotatable bonds is 5. The maximum Gasteiger partial charge on any atom is 0.186 e. The molecule has 14 heavy (non-hydrogen) atoms. The van der Waals surface area contributed by atoms with Gasteiger partial charge in [0.15, 0.2) is 5.78 Å². The lowest BCUT2D eigenvalue weighted by atomic mass is 10.3. The largest absolute Gasteiger partial charge is 0.299 e. The topological polar surface area (TPSA) is 20.3 Å². The van der Waals surface area contributed by atoms with Crippen LogP contribution in [0.25, 0.3) is 0 Å². The first-order valence-corrected chi connectivity index (χ1v) is 6.21. The number of nitrogens with zero attached hydrogens (tertiary/aromatic N) is 1. The molecule has 0 radical (unpaired) electrons. The summed E-state index contributed by atoms with van der Waals surface area (Å²) in [5, 5.41) is 0. The lowest BCUT2D eigenvalue weighted by molar-refractivity contribution is 0.0950. The van der Waals surface area contributed by atoms with Crippen molar-refractivity contribution in [2.45, 2.75) is 13.3 Å². The Kier molecular flexibility index (Phi) is 4.78. The van der Waals surface area contributed by atoms with Crippen LogP contribution in [0.3, 0.4) is 0 Å². The molecule has 1 aromatic rings. The van der Waals surface area contributed by atoms with Crippen molar-refractivity contribution in [1.82, 2.24) is 4.90 Å². The summed E-state index contributed by atoms with van der Waals surface area (Å²) in [6, 6.07) is 3.79. The highest BCUT2D eigenvalue weighted by Gasteiger charge is 2.10. The van der Waals surface area contributed by atoms with Gasteiger partial charge in [-0.2, -0.15) is 0 Å². The van der Waals surface area contributed by atoms with Gasteiger partial charge in [-0.05, 0) is 48.1 Å². The molecule has 0 amide bonds. The second-order valence-electron chi connectivity index (χ2n) is 3.26. The summed E-state index contributed by atoms with van der Waals surface area (Å²) in [5.41, 5.74) is 0. The van der Waals surface area contributed by atoms with E-state index in [1.54, 1.807) is 0 Å². The molecule has 0 aliphatic rings. The van der Waals surface area contributed by atoms with E-state index in [0.717, 1.165) is 21.6 Å². The number of hydrogen-bond donors (Lipinski definition) is 0. The van der Waals surface area contributed by atoms with Crippen LogP contribution >= 0.6 is 27.3 Å². The standard InChI is InChI=1S/C10H14BrNOS/c1-3-6-12(2)7-8(13)9-4-5-10(11)14-9/h4-5H,3,6-7H2,1-2H3. The van der Waals surface area contributed by atoms with Crippen molar-refractivity contribution in [3.63, 3.8) is 0 Å². The maximum absolute atomic E-state index is 11.7. The average molecular weight is 276 g/mol. The number of Topliss-reactive ketones (excluding diaryl/α,β-unsaturated/α-hetero) is 1. The van der Waals surface area contributed by atoms with Crippen molar-refractivity contribution >= 4 is 33.0 Å². The van der Waals surface area contributed by atoms with Crippen LogP contribution in [0.2, 0.25) is 0 Å². The van der Waals surface area contributed by atoms with E-state index in [1.165, 1.54) is 11.3 Å². The van der Waals surface area contributed by atoms with Gasteiger partial charge in [-0.3, -0.25) is 9.69 Å². The Balaban J connectivity index is 2.50. The number of carbonyl (C=O) groups is 1. The molecule has 0 spiro atoms. The molecule has 0 bridgehead atoms. The van der Waals surface area contributed by atoms with E-state index >= 15 is 0 Å². The summed E-state index contributed by atoms with van der Waals surface area (Å²) >= 11 is 4.85. The van der Waals surface area contributed by atoms with Crippen LogP contribution in [-0.4, -0.2) is 30.8 Å². The number of likely N-dealkylation sites (N-methyl/N-ethyl adjacent to an activating group) is 1. The minimum absolute atomic E-state index is 0.205. The van der Waals surface area contributed by atoms with Gasteiger partial charge in [-0.1, -0.05) is 6.92 Å². The van der Waals surface area contributed by atoms with Crippen molar-refractivity contribution in [2.75, 3.05) is 20.1 Å². The van der Waals surface area contributed by atoms with Crippen molar-refractivity contribution < 1.29 is 4.79 Å². The van der Waals surface area contributed by atoms with Gasteiger partial charge in [0.1, 0.15) is 0 Å². The van der Waals surface area contributed by atoms with E-state index in [0.29, 0.717) is 6.54 Å². The molecule has 1 heterocycles. The Morgan fingerprint density at radius 2 is 2.29 bits per heavy atom. The molecule has 0 N–H and O–H groups in total. The highest BCUT2D eigenvalue weighted by atomic mass is 79.9. The zero-order valence-electron chi connectivity index (χ0n) is 8.42. The molecular weight excluding hydrogens is 262 g/mol. The second-order valence-corrected chi connectivity index (χ2v) is 5.73. The first-order chi connectivity index (χ1) is 6.63. The maximum atomic E-state index is 11.7. The first-order valence-electron chi connectivity index (χ1n) is 4.60. The van der Waals surface area contributed by atoms with Crippen molar-refractivity contribution in [1.29, 1.82) is 0 Å². The van der Waals surface area contributed by atoms with Crippen LogP contribution < -0.4 is 0 Å². The number of thiophene rings is 1. The number of halogens is 1. The summed E-state index contributed by atoms with van der Waals surface area (Å²) in [6.45, 7) is 3.60. The Morgan fingerprint density at radius 1 is 1.57 bits per heavy atom. The van der Waals surface area contributed by atoms with E-state index in [-0.39, 0.29) is 5.78 Å². The van der Waals surface area contributed by atoms with E-state index in [1.807, 2.05) is 19.2 Å². The summed E-state index contributed by atoms with van der Waals surface area (Å²) in [5.74, 6) is 0.205. The highest BCUT2D eigenvalue weighted by Crippen LogP contribution is 2.22. The van der Waals surface area contributed by atoms with Crippen LogP contribution in [0.5, 0.6) is 0 Å². The third kappa shape index (κ3) is 3.52. The Hall–Kier alpha value is -0.190. The van der Waals surface area contributed by atoms with Crippen LogP contribution in [-0.2, 0) is 0 Å². The van der Waals surface area contributed by atoms with Crippen molar-refractivity contribution in [3.05, 3.63) is 20.8 Å². The minimum atomic E-state index is 0.205. The van der Waals surface area contributed by atoms with Gasteiger partial charge < -0.3 is 0 Å². The Bertz CT molecular complexity index is 311. The molecule has 0 atom stereocenters. The predicted octanol–water partition coefficient (Wildman–Crippen LogP) is 3.04. The highest BCUT2D eigenvalue weighted by molar-refractivity contribution is 9.11. The molecule has 1 rings (SSSR count). The fourth-order valence-corrected chi connectivity index (χ4v) is 2.56. The third-order valence-corrected chi connectivity index (χ3v) is 3.53. The molecule has 0 aromatic carbocycles. The van der Waals surface area contributed by atoms with Crippen LogP contribution in [0.15, 0.2) is 15.9 Å². The van der Waals surface area contributed by atoms with Crippen molar-refractivity contribution in [3.8, 4) is 0 Å². The van der Waals surface area contributed by atoms with E-state index < -0.39 is 0 Å². The average Bonchev–Trinajstić information content (AvgIpc) is 2.52.